The standard InChI is InChI=1S/C25H23Cl2N5O3S/c1-15(8-17-6-4-3-5-7-17)35-20-9-18(11-22(33)31-25-28-12-16(2)36-25)30-19(10-20)14-32-24(34)23(27)21(26)13-29-32/h3-7,9-10,12-13,15H,8,11,14H2,1-2H3,(H,28,31,33)/t15-/m0/s1. The smallest absolute Gasteiger partial charge is 0.287 e. The summed E-state index contributed by atoms with van der Waals surface area (Å²) in [5.74, 6) is 0.270. The van der Waals surface area contributed by atoms with Gasteiger partial charge in [-0.05, 0) is 19.4 Å². The van der Waals surface area contributed by atoms with E-state index in [4.69, 9.17) is 27.9 Å². The first-order chi connectivity index (χ1) is 17.3. The molecule has 1 amide bonds. The van der Waals surface area contributed by atoms with E-state index in [1.54, 1.807) is 18.3 Å². The fourth-order valence-corrected chi connectivity index (χ4v) is 4.48. The Bertz CT molecular complexity index is 1420. The molecule has 8 nitrogen and oxygen atoms in total. The van der Waals surface area contributed by atoms with Crippen LogP contribution in [0, 0.1) is 6.92 Å². The van der Waals surface area contributed by atoms with E-state index in [0.29, 0.717) is 28.7 Å². The number of benzene rings is 1. The topological polar surface area (TPSA) is 99.0 Å². The van der Waals surface area contributed by atoms with Gasteiger partial charge in [-0.1, -0.05) is 53.5 Å². The van der Waals surface area contributed by atoms with E-state index < -0.39 is 5.56 Å². The zero-order chi connectivity index (χ0) is 25.7. The SMILES string of the molecule is Cc1cnc(NC(=O)Cc2cc(O[C@@H](C)Cc3ccccc3)cc(Cn3ncc(Cl)c(Cl)c3=O)n2)s1. The van der Waals surface area contributed by atoms with Crippen molar-refractivity contribution in [2.24, 2.45) is 0 Å². The molecule has 1 aromatic carbocycles. The number of carbonyl (C=O) groups is 1. The Balaban J connectivity index is 1.57. The number of halogens is 2. The van der Waals surface area contributed by atoms with Gasteiger partial charge < -0.3 is 10.1 Å². The van der Waals surface area contributed by atoms with Crippen LogP contribution in [0.15, 0.2) is 59.7 Å². The third kappa shape index (κ3) is 6.90. The summed E-state index contributed by atoms with van der Waals surface area (Å²) in [4.78, 5) is 34.9. The van der Waals surface area contributed by atoms with Crippen molar-refractivity contribution < 1.29 is 9.53 Å². The number of nitrogens with zero attached hydrogens (tertiary/aromatic N) is 4. The summed E-state index contributed by atoms with van der Waals surface area (Å²) in [7, 11) is 0. The molecule has 4 rings (SSSR count). The highest BCUT2D eigenvalue weighted by Gasteiger charge is 2.15. The van der Waals surface area contributed by atoms with E-state index in [0.717, 1.165) is 15.1 Å². The molecule has 0 saturated carbocycles. The number of aryl methyl sites for hydroxylation is 1. The highest BCUT2D eigenvalue weighted by molar-refractivity contribution is 7.15. The molecule has 186 valence electrons. The zero-order valence-electron chi connectivity index (χ0n) is 19.6. The summed E-state index contributed by atoms with van der Waals surface area (Å²) >= 11 is 13.3. The maximum atomic E-state index is 12.6. The molecule has 11 heteroatoms. The zero-order valence-corrected chi connectivity index (χ0v) is 21.9. The summed E-state index contributed by atoms with van der Waals surface area (Å²) in [6, 6.07) is 13.5. The number of pyridine rings is 1. The van der Waals surface area contributed by atoms with Gasteiger partial charge in [0.1, 0.15) is 10.8 Å². The number of anilines is 1. The second-order valence-corrected chi connectivity index (χ2v) is 10.2. The second kappa shape index (κ2) is 11.6. The average molecular weight is 544 g/mol. The minimum atomic E-state index is -0.534. The van der Waals surface area contributed by atoms with E-state index in [2.05, 4.69) is 20.4 Å². The van der Waals surface area contributed by atoms with Gasteiger partial charge in [-0.3, -0.25) is 14.6 Å². The molecule has 3 heterocycles. The van der Waals surface area contributed by atoms with Crippen LogP contribution in [0.1, 0.15) is 28.8 Å². The van der Waals surface area contributed by atoms with Crippen LogP contribution in [-0.4, -0.2) is 31.8 Å². The summed E-state index contributed by atoms with van der Waals surface area (Å²) in [6.07, 6.45) is 3.55. The summed E-state index contributed by atoms with van der Waals surface area (Å²) in [6.45, 7) is 3.91. The van der Waals surface area contributed by atoms with Crippen LogP contribution in [0.25, 0.3) is 0 Å². The number of thiazole rings is 1. The molecular weight excluding hydrogens is 521 g/mol. The Labute approximate surface area is 221 Å². The Morgan fingerprint density at radius 3 is 2.64 bits per heavy atom. The maximum absolute atomic E-state index is 12.6. The molecule has 0 saturated heterocycles. The molecule has 4 aromatic rings. The summed E-state index contributed by atoms with van der Waals surface area (Å²) in [5.41, 5.74) is 1.57. The number of carbonyl (C=O) groups excluding carboxylic acids is 1. The van der Waals surface area contributed by atoms with Crippen molar-refractivity contribution in [3.05, 3.63) is 97.1 Å². The molecule has 0 spiro atoms. The van der Waals surface area contributed by atoms with Crippen molar-refractivity contribution in [1.29, 1.82) is 0 Å². The first kappa shape index (κ1) is 25.8. The summed E-state index contributed by atoms with van der Waals surface area (Å²) < 4.78 is 7.34. The fourth-order valence-electron chi connectivity index (χ4n) is 3.53. The number of aromatic nitrogens is 4. The maximum Gasteiger partial charge on any atom is 0.287 e. The van der Waals surface area contributed by atoms with E-state index in [9.17, 15) is 9.59 Å². The Hall–Kier alpha value is -3.27. The first-order valence-electron chi connectivity index (χ1n) is 11.1. The lowest BCUT2D eigenvalue weighted by molar-refractivity contribution is -0.115. The average Bonchev–Trinajstić information content (AvgIpc) is 3.24. The predicted molar refractivity (Wildman–Crippen MR) is 141 cm³/mol. The Morgan fingerprint density at radius 1 is 1.17 bits per heavy atom. The van der Waals surface area contributed by atoms with Crippen LogP contribution >= 0.6 is 34.5 Å². The van der Waals surface area contributed by atoms with Crippen LogP contribution in [0.5, 0.6) is 5.75 Å². The minimum absolute atomic E-state index is 0.000402. The molecule has 0 bridgehead atoms. The van der Waals surface area contributed by atoms with Gasteiger partial charge in [-0.2, -0.15) is 5.10 Å². The lowest BCUT2D eigenvalue weighted by Gasteiger charge is -2.17. The number of hydrogen-bond donors (Lipinski definition) is 1. The first-order valence-corrected chi connectivity index (χ1v) is 12.7. The second-order valence-electron chi connectivity index (χ2n) is 8.17. The molecule has 1 atom stereocenters. The lowest BCUT2D eigenvalue weighted by Crippen LogP contribution is -2.24. The van der Waals surface area contributed by atoms with Crippen molar-refractivity contribution in [3.8, 4) is 5.75 Å². The highest BCUT2D eigenvalue weighted by Crippen LogP contribution is 2.21. The van der Waals surface area contributed by atoms with E-state index in [1.807, 2.05) is 44.2 Å². The highest BCUT2D eigenvalue weighted by atomic mass is 35.5. The summed E-state index contributed by atoms with van der Waals surface area (Å²) in [5, 5.41) is 7.32. The number of ether oxygens (including phenoxy) is 1. The monoisotopic (exact) mass is 543 g/mol. The van der Waals surface area contributed by atoms with Crippen LogP contribution in [0.3, 0.4) is 0 Å². The van der Waals surface area contributed by atoms with Crippen LogP contribution < -0.4 is 15.6 Å². The van der Waals surface area contributed by atoms with Crippen molar-refractivity contribution in [2.75, 3.05) is 5.32 Å². The Morgan fingerprint density at radius 2 is 1.92 bits per heavy atom. The van der Waals surface area contributed by atoms with Gasteiger partial charge in [0, 0.05) is 29.6 Å². The fraction of sp³-hybridized carbons (Fsp3) is 0.240. The molecule has 0 aliphatic heterocycles. The molecule has 0 aliphatic rings. The van der Waals surface area contributed by atoms with Gasteiger partial charge in [-0.25, -0.2) is 9.67 Å². The van der Waals surface area contributed by atoms with Crippen molar-refractivity contribution in [2.45, 2.75) is 39.3 Å². The van der Waals surface area contributed by atoms with E-state index in [-0.39, 0.29) is 35.0 Å². The minimum Gasteiger partial charge on any atom is -0.490 e. The van der Waals surface area contributed by atoms with Crippen LogP contribution in [-0.2, 0) is 24.2 Å². The molecule has 36 heavy (non-hydrogen) atoms. The quantitative estimate of drug-likeness (QED) is 0.320. The molecule has 3 aromatic heterocycles. The van der Waals surface area contributed by atoms with Crippen molar-refractivity contribution in [1.82, 2.24) is 19.7 Å². The van der Waals surface area contributed by atoms with Crippen LogP contribution in [0.4, 0.5) is 5.13 Å². The van der Waals surface area contributed by atoms with E-state index in [1.165, 1.54) is 17.5 Å². The molecule has 0 radical (unpaired) electrons. The van der Waals surface area contributed by atoms with Crippen LogP contribution in [0.2, 0.25) is 10.0 Å². The number of rotatable bonds is 9. The largest absolute Gasteiger partial charge is 0.490 e. The van der Waals surface area contributed by atoms with Gasteiger partial charge in [0.05, 0.1) is 41.7 Å². The van der Waals surface area contributed by atoms with Crippen molar-refractivity contribution >= 4 is 45.6 Å². The van der Waals surface area contributed by atoms with Gasteiger partial charge in [0.2, 0.25) is 5.91 Å². The third-order valence-electron chi connectivity index (χ3n) is 5.07. The molecule has 0 unspecified atom stereocenters. The molecule has 0 aliphatic carbocycles. The molecule has 1 N–H and O–H groups in total. The van der Waals surface area contributed by atoms with Gasteiger partial charge in [0.25, 0.3) is 5.56 Å². The third-order valence-corrected chi connectivity index (χ3v) is 6.65. The molecular formula is C25H23Cl2N5O3S. The normalized spacial score (nSPS) is 11.8. The van der Waals surface area contributed by atoms with Gasteiger partial charge in [-0.15, -0.1) is 11.3 Å². The predicted octanol–water partition coefficient (Wildman–Crippen LogP) is 4.95. The number of amides is 1. The number of nitrogens with one attached hydrogen (secondary N) is 1. The van der Waals surface area contributed by atoms with Crippen molar-refractivity contribution in [3.63, 3.8) is 0 Å². The van der Waals surface area contributed by atoms with Gasteiger partial charge in [0.15, 0.2) is 5.13 Å². The Kier molecular flexibility index (Phi) is 8.35. The van der Waals surface area contributed by atoms with E-state index >= 15 is 0 Å². The molecule has 0 fully saturated rings. The van der Waals surface area contributed by atoms with Gasteiger partial charge >= 0.3 is 0 Å². The number of hydrogen-bond acceptors (Lipinski definition) is 7. The lowest BCUT2D eigenvalue weighted by atomic mass is 10.1.